The Hall–Kier alpha value is -1.87. The van der Waals surface area contributed by atoms with Crippen molar-refractivity contribution in [2.75, 3.05) is 0 Å². The van der Waals surface area contributed by atoms with E-state index in [1.165, 1.54) is 20.5 Å². The van der Waals surface area contributed by atoms with Crippen LogP contribution in [-0.4, -0.2) is 4.98 Å². The maximum absolute atomic E-state index is 5.70. The van der Waals surface area contributed by atoms with Gasteiger partial charge in [0.05, 0.1) is 6.20 Å². The van der Waals surface area contributed by atoms with Crippen LogP contribution in [0.25, 0.3) is 10.1 Å². The lowest BCUT2D eigenvalue weighted by Crippen LogP contribution is -1.92. The third-order valence-electron chi connectivity index (χ3n) is 2.74. The molecule has 0 fully saturated rings. The summed E-state index contributed by atoms with van der Waals surface area (Å²) in [4.78, 5) is 5.27. The fourth-order valence-corrected chi connectivity index (χ4v) is 2.83. The predicted octanol–water partition coefficient (Wildman–Crippen LogP) is 4.18. The van der Waals surface area contributed by atoms with E-state index in [9.17, 15) is 0 Å². The van der Waals surface area contributed by atoms with Crippen LogP contribution in [0.4, 0.5) is 0 Å². The van der Waals surface area contributed by atoms with E-state index in [0.717, 1.165) is 5.75 Å². The minimum Gasteiger partial charge on any atom is -0.486 e. The lowest BCUT2D eigenvalue weighted by Gasteiger charge is -2.02. The zero-order chi connectivity index (χ0) is 12.4. The monoisotopic (exact) mass is 255 g/mol. The zero-order valence-corrected chi connectivity index (χ0v) is 10.9. The molecule has 0 bridgehead atoms. The molecule has 0 unspecified atom stereocenters. The number of rotatable bonds is 3. The Bertz CT molecular complexity index is 661. The Labute approximate surface area is 110 Å². The molecule has 1 aromatic carbocycles. The van der Waals surface area contributed by atoms with Gasteiger partial charge in [-0.05, 0) is 36.6 Å². The minimum absolute atomic E-state index is 0.601. The molecule has 0 radical (unpaired) electrons. The van der Waals surface area contributed by atoms with Crippen LogP contribution in [0.2, 0.25) is 0 Å². The Morgan fingerprint density at radius 3 is 3.00 bits per heavy atom. The van der Waals surface area contributed by atoms with E-state index in [1.54, 1.807) is 23.7 Å². The van der Waals surface area contributed by atoms with E-state index in [4.69, 9.17) is 4.74 Å². The normalized spacial score (nSPS) is 10.7. The number of fused-ring (bicyclic) bond motifs is 1. The van der Waals surface area contributed by atoms with Gasteiger partial charge in [-0.1, -0.05) is 17.7 Å². The van der Waals surface area contributed by atoms with Crippen molar-refractivity contribution in [3.05, 3.63) is 59.2 Å². The number of aromatic nitrogens is 1. The van der Waals surface area contributed by atoms with Gasteiger partial charge in [0.15, 0.2) is 0 Å². The first-order valence-corrected chi connectivity index (χ1v) is 6.65. The Morgan fingerprint density at radius 1 is 1.22 bits per heavy atom. The summed E-state index contributed by atoms with van der Waals surface area (Å²) in [6.07, 6.45) is 3.48. The number of pyridine rings is 1. The average Bonchev–Trinajstić information content (AvgIpc) is 2.79. The van der Waals surface area contributed by atoms with Crippen molar-refractivity contribution >= 4 is 21.4 Å². The van der Waals surface area contributed by atoms with Crippen molar-refractivity contribution < 1.29 is 4.74 Å². The van der Waals surface area contributed by atoms with E-state index >= 15 is 0 Å². The van der Waals surface area contributed by atoms with Crippen molar-refractivity contribution in [1.82, 2.24) is 4.98 Å². The first-order chi connectivity index (χ1) is 8.81. The van der Waals surface area contributed by atoms with Gasteiger partial charge in [0.2, 0.25) is 0 Å². The van der Waals surface area contributed by atoms with Gasteiger partial charge in [0.1, 0.15) is 12.4 Å². The summed E-state index contributed by atoms with van der Waals surface area (Å²) in [5.41, 5.74) is 1.29. The highest BCUT2D eigenvalue weighted by Gasteiger charge is 2.03. The van der Waals surface area contributed by atoms with Crippen LogP contribution >= 0.6 is 11.3 Å². The molecule has 18 heavy (non-hydrogen) atoms. The maximum Gasteiger partial charge on any atom is 0.138 e. The van der Waals surface area contributed by atoms with Crippen molar-refractivity contribution in [2.24, 2.45) is 0 Å². The highest BCUT2D eigenvalue weighted by molar-refractivity contribution is 7.19. The summed E-state index contributed by atoms with van der Waals surface area (Å²) in [6.45, 7) is 2.72. The number of benzene rings is 1. The number of thiophene rings is 1. The SMILES string of the molecule is Cc1ccc2sc(COc3cccnc3)cc2c1. The molecule has 0 spiro atoms. The second-order valence-electron chi connectivity index (χ2n) is 4.23. The number of nitrogens with zero attached hydrogens (tertiary/aromatic N) is 1. The summed E-state index contributed by atoms with van der Waals surface area (Å²) in [6, 6.07) is 12.5. The molecule has 0 saturated heterocycles. The molecule has 3 aromatic rings. The van der Waals surface area contributed by atoms with Crippen LogP contribution in [0.15, 0.2) is 48.8 Å². The Kier molecular flexibility index (Phi) is 2.99. The Morgan fingerprint density at radius 2 is 2.17 bits per heavy atom. The van der Waals surface area contributed by atoms with Crippen molar-refractivity contribution in [3.63, 3.8) is 0 Å². The summed E-state index contributed by atoms with van der Waals surface area (Å²) in [5, 5.41) is 1.30. The van der Waals surface area contributed by atoms with E-state index < -0.39 is 0 Å². The van der Waals surface area contributed by atoms with E-state index in [1.807, 2.05) is 12.1 Å². The molecule has 2 heterocycles. The lowest BCUT2D eigenvalue weighted by atomic mass is 10.2. The van der Waals surface area contributed by atoms with Gasteiger partial charge in [0, 0.05) is 15.8 Å². The topological polar surface area (TPSA) is 22.1 Å². The van der Waals surface area contributed by atoms with Gasteiger partial charge >= 0.3 is 0 Å². The van der Waals surface area contributed by atoms with Crippen LogP contribution in [-0.2, 0) is 6.61 Å². The number of hydrogen-bond donors (Lipinski definition) is 0. The molecule has 0 aliphatic rings. The Balaban J connectivity index is 1.79. The fraction of sp³-hybridized carbons (Fsp3) is 0.133. The van der Waals surface area contributed by atoms with Crippen molar-refractivity contribution in [1.29, 1.82) is 0 Å². The summed E-state index contributed by atoms with van der Waals surface area (Å²) in [5.74, 6) is 0.811. The van der Waals surface area contributed by atoms with Gasteiger partial charge in [-0.2, -0.15) is 0 Å². The molecule has 0 saturated carbocycles. The molecule has 2 aromatic heterocycles. The average molecular weight is 255 g/mol. The fourth-order valence-electron chi connectivity index (χ4n) is 1.88. The lowest BCUT2D eigenvalue weighted by molar-refractivity contribution is 0.308. The third-order valence-corrected chi connectivity index (χ3v) is 3.83. The maximum atomic E-state index is 5.70. The molecule has 3 heteroatoms. The first-order valence-electron chi connectivity index (χ1n) is 5.83. The number of hydrogen-bond acceptors (Lipinski definition) is 3. The molecule has 0 amide bonds. The predicted molar refractivity (Wildman–Crippen MR) is 75.1 cm³/mol. The van der Waals surface area contributed by atoms with Gasteiger partial charge < -0.3 is 4.74 Å². The quantitative estimate of drug-likeness (QED) is 0.700. The molecule has 0 aliphatic carbocycles. The molecule has 0 atom stereocenters. The molecule has 0 aliphatic heterocycles. The van der Waals surface area contributed by atoms with Crippen LogP contribution in [0.1, 0.15) is 10.4 Å². The zero-order valence-electron chi connectivity index (χ0n) is 10.1. The molecule has 90 valence electrons. The highest BCUT2D eigenvalue weighted by Crippen LogP contribution is 2.27. The van der Waals surface area contributed by atoms with E-state index in [0.29, 0.717) is 6.61 Å². The molecule has 3 rings (SSSR count). The minimum atomic E-state index is 0.601. The van der Waals surface area contributed by atoms with E-state index in [-0.39, 0.29) is 0 Å². The van der Waals surface area contributed by atoms with Gasteiger partial charge in [-0.25, -0.2) is 0 Å². The van der Waals surface area contributed by atoms with Crippen LogP contribution < -0.4 is 4.74 Å². The summed E-state index contributed by atoms with van der Waals surface area (Å²) >= 11 is 1.78. The first kappa shape index (κ1) is 11.2. The van der Waals surface area contributed by atoms with Crippen molar-refractivity contribution in [2.45, 2.75) is 13.5 Å². The largest absolute Gasteiger partial charge is 0.486 e. The molecule has 0 N–H and O–H groups in total. The summed E-state index contributed by atoms with van der Waals surface area (Å²) < 4.78 is 7.01. The number of aryl methyl sites for hydroxylation is 1. The third kappa shape index (κ3) is 2.36. The molecule has 2 nitrogen and oxygen atoms in total. The van der Waals surface area contributed by atoms with Crippen LogP contribution in [0.3, 0.4) is 0 Å². The van der Waals surface area contributed by atoms with Gasteiger partial charge in [0.25, 0.3) is 0 Å². The van der Waals surface area contributed by atoms with Crippen LogP contribution in [0.5, 0.6) is 5.75 Å². The number of ether oxygens (including phenoxy) is 1. The van der Waals surface area contributed by atoms with Crippen LogP contribution in [0, 0.1) is 6.92 Å². The van der Waals surface area contributed by atoms with Gasteiger partial charge in [-0.3, -0.25) is 4.98 Å². The molecular formula is C15H13NOS. The highest BCUT2D eigenvalue weighted by atomic mass is 32.1. The standard InChI is InChI=1S/C15H13NOS/c1-11-4-5-15-12(7-11)8-14(18-15)10-17-13-3-2-6-16-9-13/h2-9H,10H2,1H3. The summed E-state index contributed by atoms with van der Waals surface area (Å²) in [7, 11) is 0. The smallest absolute Gasteiger partial charge is 0.138 e. The second kappa shape index (κ2) is 4.78. The van der Waals surface area contributed by atoms with Crippen molar-refractivity contribution in [3.8, 4) is 5.75 Å². The van der Waals surface area contributed by atoms with Gasteiger partial charge in [-0.15, -0.1) is 11.3 Å². The second-order valence-corrected chi connectivity index (χ2v) is 5.40. The molecular weight excluding hydrogens is 242 g/mol. The van der Waals surface area contributed by atoms with E-state index in [2.05, 4.69) is 36.2 Å².